The highest BCUT2D eigenvalue weighted by Gasteiger charge is 2.21. The van der Waals surface area contributed by atoms with Gasteiger partial charge >= 0.3 is 0 Å². The number of amides is 1. The van der Waals surface area contributed by atoms with E-state index < -0.39 is 0 Å². The van der Waals surface area contributed by atoms with E-state index in [1.54, 1.807) is 11.0 Å². The van der Waals surface area contributed by atoms with Gasteiger partial charge in [0.1, 0.15) is 11.6 Å². The Kier molecular flexibility index (Phi) is 4.47. The highest BCUT2D eigenvalue weighted by atomic mass is 16.2. The fourth-order valence-corrected chi connectivity index (χ4v) is 2.48. The van der Waals surface area contributed by atoms with Crippen molar-refractivity contribution >= 4 is 12.0 Å². The van der Waals surface area contributed by atoms with E-state index in [0.717, 1.165) is 31.5 Å². The van der Waals surface area contributed by atoms with Crippen molar-refractivity contribution in [3.63, 3.8) is 0 Å². The van der Waals surface area contributed by atoms with E-state index in [1.165, 1.54) is 5.56 Å². The fourth-order valence-electron chi connectivity index (χ4n) is 2.48. The van der Waals surface area contributed by atoms with Crippen molar-refractivity contribution in [2.24, 2.45) is 0 Å². The maximum atomic E-state index is 12.2. The Balaban J connectivity index is 2.20. The molecule has 2 rings (SSSR count). The van der Waals surface area contributed by atoms with Crippen LogP contribution in [0.5, 0.6) is 0 Å². The molecule has 0 aromatic heterocycles. The van der Waals surface area contributed by atoms with Gasteiger partial charge in [0.15, 0.2) is 0 Å². The molecule has 0 atom stereocenters. The molecule has 1 aliphatic heterocycles. The van der Waals surface area contributed by atoms with E-state index in [4.69, 9.17) is 0 Å². The normalized spacial score (nSPS) is 15.9. The molecule has 0 aliphatic carbocycles. The molecule has 3 heteroatoms. The van der Waals surface area contributed by atoms with Crippen molar-refractivity contribution in [2.45, 2.75) is 39.0 Å². The van der Waals surface area contributed by atoms with Crippen LogP contribution >= 0.6 is 0 Å². The molecule has 1 aromatic rings. The fraction of sp³-hybridized carbons (Fsp3) is 0.444. The third kappa shape index (κ3) is 3.72. The topological polar surface area (TPSA) is 44.1 Å². The van der Waals surface area contributed by atoms with Crippen molar-refractivity contribution in [1.29, 1.82) is 5.26 Å². The first kappa shape index (κ1) is 15.3. The Morgan fingerprint density at radius 1 is 1.19 bits per heavy atom. The van der Waals surface area contributed by atoms with Gasteiger partial charge in [-0.1, -0.05) is 45.0 Å². The van der Waals surface area contributed by atoms with Crippen LogP contribution in [0.4, 0.5) is 0 Å². The smallest absolute Gasteiger partial charge is 0.264 e. The Morgan fingerprint density at radius 3 is 2.24 bits per heavy atom. The zero-order valence-electron chi connectivity index (χ0n) is 13.0. The molecule has 0 bridgehead atoms. The molecule has 0 spiro atoms. The third-order valence-electron chi connectivity index (χ3n) is 3.83. The molecule has 0 saturated carbocycles. The van der Waals surface area contributed by atoms with Crippen LogP contribution in [0.2, 0.25) is 0 Å². The Hall–Kier alpha value is -2.08. The van der Waals surface area contributed by atoms with E-state index >= 15 is 0 Å². The van der Waals surface area contributed by atoms with Crippen LogP contribution in [-0.2, 0) is 10.2 Å². The van der Waals surface area contributed by atoms with Crippen LogP contribution in [0.3, 0.4) is 0 Å². The first-order valence-corrected chi connectivity index (χ1v) is 7.43. The molecule has 0 radical (unpaired) electrons. The zero-order valence-corrected chi connectivity index (χ0v) is 13.0. The number of likely N-dealkylation sites (tertiary alicyclic amines) is 1. The average Bonchev–Trinajstić information content (AvgIpc) is 2.97. The lowest BCUT2D eigenvalue weighted by Crippen LogP contribution is -2.28. The summed E-state index contributed by atoms with van der Waals surface area (Å²) < 4.78 is 0. The van der Waals surface area contributed by atoms with Gasteiger partial charge in [0, 0.05) is 13.1 Å². The average molecular weight is 282 g/mol. The van der Waals surface area contributed by atoms with Gasteiger partial charge in [0.2, 0.25) is 0 Å². The summed E-state index contributed by atoms with van der Waals surface area (Å²) in [4.78, 5) is 14.0. The zero-order chi connectivity index (χ0) is 15.5. The Bertz CT molecular complexity index is 579. The molecule has 1 aromatic carbocycles. The van der Waals surface area contributed by atoms with Crippen molar-refractivity contribution in [2.75, 3.05) is 13.1 Å². The van der Waals surface area contributed by atoms with Crippen LogP contribution in [0.1, 0.15) is 44.7 Å². The van der Waals surface area contributed by atoms with Gasteiger partial charge in [-0.2, -0.15) is 5.26 Å². The van der Waals surface area contributed by atoms with Gasteiger partial charge in [0.05, 0.1) is 0 Å². The maximum absolute atomic E-state index is 12.2. The van der Waals surface area contributed by atoms with E-state index in [1.807, 2.05) is 18.2 Å². The first-order chi connectivity index (χ1) is 9.91. The molecule has 1 fully saturated rings. The minimum absolute atomic E-state index is 0.103. The number of hydrogen-bond acceptors (Lipinski definition) is 2. The minimum Gasteiger partial charge on any atom is -0.338 e. The number of nitrogens with zero attached hydrogens (tertiary/aromatic N) is 2. The monoisotopic (exact) mass is 282 g/mol. The molecule has 3 nitrogen and oxygen atoms in total. The highest BCUT2D eigenvalue weighted by molar-refractivity contribution is 6.01. The summed E-state index contributed by atoms with van der Waals surface area (Å²) in [5.41, 5.74) is 2.46. The number of benzene rings is 1. The molecule has 1 aliphatic rings. The molecule has 0 N–H and O–H groups in total. The predicted octanol–water partition coefficient (Wildman–Crippen LogP) is 3.51. The van der Waals surface area contributed by atoms with Crippen LogP contribution in [0, 0.1) is 11.3 Å². The summed E-state index contributed by atoms with van der Waals surface area (Å²) >= 11 is 0. The number of nitriles is 1. The van der Waals surface area contributed by atoms with Crippen LogP contribution in [0.15, 0.2) is 29.8 Å². The summed E-state index contributed by atoms with van der Waals surface area (Å²) in [5.74, 6) is -0.144. The number of carbonyl (C=O) groups excluding carboxylic acids is 1. The van der Waals surface area contributed by atoms with E-state index in [2.05, 4.69) is 32.9 Å². The quantitative estimate of drug-likeness (QED) is 0.615. The van der Waals surface area contributed by atoms with Crippen molar-refractivity contribution in [1.82, 2.24) is 4.90 Å². The van der Waals surface area contributed by atoms with Crippen molar-refractivity contribution < 1.29 is 4.79 Å². The second-order valence-electron chi connectivity index (χ2n) is 6.54. The molecule has 1 saturated heterocycles. The van der Waals surface area contributed by atoms with Crippen LogP contribution in [-0.4, -0.2) is 23.9 Å². The summed E-state index contributed by atoms with van der Waals surface area (Å²) in [7, 11) is 0. The molecular formula is C18H22N2O. The summed E-state index contributed by atoms with van der Waals surface area (Å²) in [6.07, 6.45) is 3.75. The van der Waals surface area contributed by atoms with Crippen LogP contribution < -0.4 is 0 Å². The Labute approximate surface area is 126 Å². The van der Waals surface area contributed by atoms with E-state index in [-0.39, 0.29) is 16.9 Å². The lowest BCUT2D eigenvalue weighted by atomic mass is 9.86. The van der Waals surface area contributed by atoms with Gasteiger partial charge in [-0.05, 0) is 35.5 Å². The second-order valence-corrected chi connectivity index (χ2v) is 6.54. The molecule has 0 unspecified atom stereocenters. The van der Waals surface area contributed by atoms with Crippen molar-refractivity contribution in [3.8, 4) is 6.07 Å². The van der Waals surface area contributed by atoms with Gasteiger partial charge in [0.25, 0.3) is 5.91 Å². The summed E-state index contributed by atoms with van der Waals surface area (Å²) in [6, 6.07) is 10.1. The minimum atomic E-state index is -0.144. The molecule has 1 amide bonds. The lowest BCUT2D eigenvalue weighted by Gasteiger charge is -2.19. The summed E-state index contributed by atoms with van der Waals surface area (Å²) in [5, 5.41) is 9.24. The standard InChI is InChI=1S/C18H22N2O/c1-18(2,3)16-8-6-14(7-9-16)12-15(13-19)17(21)20-10-4-5-11-20/h6-9,12H,4-5,10-11H2,1-3H3/b15-12+. The first-order valence-electron chi connectivity index (χ1n) is 7.43. The van der Waals surface area contributed by atoms with E-state index in [9.17, 15) is 10.1 Å². The SMILES string of the molecule is CC(C)(C)c1ccc(/C=C(\C#N)C(=O)N2CCCC2)cc1. The molecular weight excluding hydrogens is 260 g/mol. The predicted molar refractivity (Wildman–Crippen MR) is 84.5 cm³/mol. The van der Waals surface area contributed by atoms with E-state index in [0.29, 0.717) is 0 Å². The maximum Gasteiger partial charge on any atom is 0.264 e. The second kappa shape index (κ2) is 6.13. The van der Waals surface area contributed by atoms with Gasteiger partial charge in [-0.3, -0.25) is 4.79 Å². The number of hydrogen-bond donors (Lipinski definition) is 0. The molecule has 1 heterocycles. The molecule has 21 heavy (non-hydrogen) atoms. The summed E-state index contributed by atoms with van der Waals surface area (Å²) in [6.45, 7) is 8.02. The third-order valence-corrected chi connectivity index (χ3v) is 3.83. The van der Waals surface area contributed by atoms with Gasteiger partial charge in [-0.15, -0.1) is 0 Å². The largest absolute Gasteiger partial charge is 0.338 e. The highest BCUT2D eigenvalue weighted by Crippen LogP contribution is 2.23. The Morgan fingerprint density at radius 2 is 1.76 bits per heavy atom. The van der Waals surface area contributed by atoms with Gasteiger partial charge < -0.3 is 4.90 Å². The number of carbonyl (C=O) groups is 1. The lowest BCUT2D eigenvalue weighted by molar-refractivity contribution is -0.125. The number of rotatable bonds is 2. The van der Waals surface area contributed by atoms with Crippen LogP contribution in [0.25, 0.3) is 6.08 Å². The van der Waals surface area contributed by atoms with Crippen molar-refractivity contribution in [3.05, 3.63) is 41.0 Å². The molecule has 110 valence electrons. The van der Waals surface area contributed by atoms with Gasteiger partial charge in [-0.25, -0.2) is 0 Å².